The molecule has 1 saturated carbocycles. The van der Waals surface area contributed by atoms with Crippen molar-refractivity contribution in [1.82, 2.24) is 20.0 Å². The first-order chi connectivity index (χ1) is 15.4. The maximum atomic E-state index is 13.1. The van der Waals surface area contributed by atoms with Crippen LogP contribution in [0.25, 0.3) is 0 Å². The lowest BCUT2D eigenvalue weighted by molar-refractivity contribution is -0.127. The maximum Gasteiger partial charge on any atom is 0.255 e. The monoisotopic (exact) mass is 451 g/mol. The minimum Gasteiger partial charge on any atom is -0.345 e. The Morgan fingerprint density at radius 1 is 1.09 bits per heavy atom. The van der Waals surface area contributed by atoms with E-state index in [2.05, 4.69) is 31.4 Å². The van der Waals surface area contributed by atoms with Crippen LogP contribution in [0.1, 0.15) is 82.0 Å². The number of fused-ring (bicyclic) bond motifs is 1. The van der Waals surface area contributed by atoms with Crippen molar-refractivity contribution in [3.63, 3.8) is 0 Å². The Hall–Kier alpha value is -3.16. The highest BCUT2D eigenvalue weighted by molar-refractivity contribution is 6.05. The molecular formula is C25H33N5O3. The highest BCUT2D eigenvalue weighted by Crippen LogP contribution is 2.41. The molecule has 0 saturated heterocycles. The van der Waals surface area contributed by atoms with E-state index in [0.29, 0.717) is 16.9 Å². The number of hydrogen-bond donors (Lipinski definition) is 2. The number of nitrogens with zero attached hydrogens (tertiary/aromatic N) is 3. The molecule has 1 fully saturated rings. The second kappa shape index (κ2) is 8.01. The minimum atomic E-state index is -0.693. The van der Waals surface area contributed by atoms with Gasteiger partial charge in [0, 0.05) is 23.1 Å². The van der Waals surface area contributed by atoms with Crippen molar-refractivity contribution in [2.75, 3.05) is 11.9 Å². The van der Waals surface area contributed by atoms with Crippen LogP contribution in [0.2, 0.25) is 0 Å². The first-order valence-corrected chi connectivity index (χ1v) is 11.5. The normalized spacial score (nSPS) is 18.3. The Kier molecular flexibility index (Phi) is 5.58. The lowest BCUT2D eigenvalue weighted by Gasteiger charge is -2.24. The topological polar surface area (TPSA) is 96.3 Å². The molecular weight excluding hydrogens is 418 g/mol. The van der Waals surface area contributed by atoms with Crippen LogP contribution in [0.5, 0.6) is 0 Å². The maximum absolute atomic E-state index is 13.1. The number of carbonyl (C=O) groups excluding carboxylic acids is 3. The van der Waals surface area contributed by atoms with Crippen LogP contribution in [0, 0.1) is 0 Å². The van der Waals surface area contributed by atoms with Gasteiger partial charge in [-0.2, -0.15) is 5.10 Å². The molecule has 3 amide bonds. The zero-order chi connectivity index (χ0) is 24.1. The summed E-state index contributed by atoms with van der Waals surface area (Å²) in [5.41, 5.74) is 1.65. The van der Waals surface area contributed by atoms with E-state index in [9.17, 15) is 14.4 Å². The first kappa shape index (κ1) is 23.0. The number of aromatic nitrogens is 2. The van der Waals surface area contributed by atoms with Gasteiger partial charge in [-0.15, -0.1) is 0 Å². The lowest BCUT2D eigenvalue weighted by Crippen LogP contribution is -2.43. The van der Waals surface area contributed by atoms with Gasteiger partial charge in [-0.05, 0) is 45.2 Å². The number of hydrogen-bond acceptors (Lipinski definition) is 4. The van der Waals surface area contributed by atoms with Crippen LogP contribution in [-0.2, 0) is 20.5 Å². The first-order valence-electron chi connectivity index (χ1n) is 11.5. The van der Waals surface area contributed by atoms with E-state index in [-0.39, 0.29) is 41.3 Å². The molecule has 8 heteroatoms. The Bertz CT molecular complexity index is 1100. The Morgan fingerprint density at radius 3 is 2.36 bits per heavy atom. The summed E-state index contributed by atoms with van der Waals surface area (Å²) in [4.78, 5) is 40.4. The van der Waals surface area contributed by atoms with Crippen LogP contribution < -0.4 is 10.6 Å². The second-order valence-corrected chi connectivity index (χ2v) is 10.9. The largest absolute Gasteiger partial charge is 0.345 e. The molecule has 1 aromatic carbocycles. The molecule has 1 aliphatic carbocycles. The van der Waals surface area contributed by atoms with Crippen molar-refractivity contribution < 1.29 is 14.4 Å². The van der Waals surface area contributed by atoms with Crippen LogP contribution in [-0.4, -0.2) is 45.0 Å². The van der Waals surface area contributed by atoms with E-state index in [4.69, 9.17) is 5.10 Å². The third-order valence-corrected chi connectivity index (χ3v) is 5.99. The van der Waals surface area contributed by atoms with Crippen LogP contribution in [0.15, 0.2) is 30.3 Å². The van der Waals surface area contributed by atoms with E-state index in [1.807, 2.05) is 39.0 Å². The quantitative estimate of drug-likeness (QED) is 0.729. The van der Waals surface area contributed by atoms with Crippen molar-refractivity contribution in [3.8, 4) is 0 Å². The molecule has 0 spiro atoms. The molecule has 2 heterocycles. The Morgan fingerprint density at radius 2 is 1.76 bits per heavy atom. The summed E-state index contributed by atoms with van der Waals surface area (Å²) in [6, 6.07) is 8.48. The van der Waals surface area contributed by atoms with Gasteiger partial charge in [-0.25, -0.2) is 4.68 Å². The molecule has 1 atom stereocenters. The average Bonchev–Trinajstić information content (AvgIpc) is 3.38. The van der Waals surface area contributed by atoms with Crippen LogP contribution in [0.4, 0.5) is 5.82 Å². The molecule has 1 aromatic heterocycles. The average molecular weight is 452 g/mol. The fraction of sp³-hybridized carbons (Fsp3) is 0.520. The summed E-state index contributed by atoms with van der Waals surface area (Å²) in [7, 11) is 0. The zero-order valence-corrected chi connectivity index (χ0v) is 20.2. The zero-order valence-electron chi connectivity index (χ0n) is 20.2. The summed E-state index contributed by atoms with van der Waals surface area (Å²) in [6.45, 7) is 12.1. The third kappa shape index (κ3) is 4.51. The van der Waals surface area contributed by atoms with Gasteiger partial charge < -0.3 is 15.5 Å². The molecule has 2 N–H and O–H groups in total. The third-order valence-electron chi connectivity index (χ3n) is 5.99. The molecule has 2 aliphatic rings. The predicted octanol–water partition coefficient (Wildman–Crippen LogP) is 3.35. The summed E-state index contributed by atoms with van der Waals surface area (Å²) >= 11 is 0. The number of nitrogens with one attached hydrogen (secondary N) is 2. The van der Waals surface area contributed by atoms with Crippen molar-refractivity contribution >= 4 is 23.5 Å². The molecule has 0 radical (unpaired) electrons. The molecule has 8 nitrogen and oxygen atoms in total. The highest BCUT2D eigenvalue weighted by Gasteiger charge is 2.47. The van der Waals surface area contributed by atoms with Crippen LogP contribution >= 0.6 is 0 Å². The fourth-order valence-electron chi connectivity index (χ4n) is 4.13. The fourth-order valence-corrected chi connectivity index (χ4v) is 4.13. The van der Waals surface area contributed by atoms with Gasteiger partial charge in [0.15, 0.2) is 0 Å². The Labute approximate surface area is 194 Å². The molecule has 1 aliphatic heterocycles. The molecule has 1 unspecified atom stereocenters. The SMILES string of the molecule is CC(C)(C)c1cc(NC(=O)CNC(=O)C2c3ccccc3C(=O)N2C2CC2)n(C(C)(C)C)n1. The highest BCUT2D eigenvalue weighted by atomic mass is 16.2. The number of amides is 3. The predicted molar refractivity (Wildman–Crippen MR) is 126 cm³/mol. The van der Waals surface area contributed by atoms with E-state index in [1.165, 1.54) is 0 Å². The number of anilines is 1. The second-order valence-electron chi connectivity index (χ2n) is 10.9. The van der Waals surface area contributed by atoms with E-state index in [0.717, 1.165) is 18.5 Å². The van der Waals surface area contributed by atoms with Crippen LogP contribution in [0.3, 0.4) is 0 Å². The van der Waals surface area contributed by atoms with E-state index in [1.54, 1.807) is 21.7 Å². The van der Waals surface area contributed by atoms with Gasteiger partial charge in [-0.3, -0.25) is 14.4 Å². The van der Waals surface area contributed by atoms with Crippen molar-refractivity contribution in [2.24, 2.45) is 0 Å². The van der Waals surface area contributed by atoms with E-state index < -0.39 is 6.04 Å². The summed E-state index contributed by atoms with van der Waals surface area (Å²) in [6.07, 6.45) is 1.80. The smallest absolute Gasteiger partial charge is 0.255 e. The van der Waals surface area contributed by atoms with Gasteiger partial charge in [0.25, 0.3) is 5.91 Å². The van der Waals surface area contributed by atoms with Crippen molar-refractivity contribution in [3.05, 3.63) is 47.2 Å². The number of carbonyl (C=O) groups is 3. The number of rotatable bonds is 5. The lowest BCUT2D eigenvalue weighted by atomic mass is 9.92. The molecule has 176 valence electrons. The summed E-state index contributed by atoms with van der Waals surface area (Å²) in [5.74, 6) is -0.200. The number of benzene rings is 1. The van der Waals surface area contributed by atoms with Gasteiger partial charge in [0.05, 0.1) is 17.8 Å². The molecule has 4 rings (SSSR count). The molecule has 33 heavy (non-hydrogen) atoms. The summed E-state index contributed by atoms with van der Waals surface area (Å²) in [5, 5.41) is 10.3. The van der Waals surface area contributed by atoms with Crippen molar-refractivity contribution in [2.45, 2.75) is 77.4 Å². The minimum absolute atomic E-state index is 0.0893. The van der Waals surface area contributed by atoms with Gasteiger partial charge in [0.1, 0.15) is 11.9 Å². The molecule has 2 aromatic rings. The standard InChI is InChI=1S/C25H33N5O3/c1-24(2,3)18-13-19(30(28-18)25(4,5)6)27-20(31)14-26-22(32)21-16-9-7-8-10-17(16)23(33)29(21)15-11-12-15/h7-10,13,15,21H,11-12,14H2,1-6H3,(H,26,32)(H,27,31). The van der Waals surface area contributed by atoms with Crippen molar-refractivity contribution in [1.29, 1.82) is 0 Å². The van der Waals surface area contributed by atoms with E-state index >= 15 is 0 Å². The molecule has 0 bridgehead atoms. The van der Waals surface area contributed by atoms with Gasteiger partial charge in [-0.1, -0.05) is 39.0 Å². The Balaban J connectivity index is 1.47. The van der Waals surface area contributed by atoms with Gasteiger partial charge >= 0.3 is 0 Å². The summed E-state index contributed by atoms with van der Waals surface area (Å²) < 4.78 is 1.80. The van der Waals surface area contributed by atoms with Gasteiger partial charge in [0.2, 0.25) is 11.8 Å².